The molecule has 1 aromatic heterocycles. The van der Waals surface area contributed by atoms with Gasteiger partial charge in [-0.1, -0.05) is 6.08 Å². The number of aryl methyl sites for hydroxylation is 2. The molecule has 0 spiro atoms. The van der Waals surface area contributed by atoms with E-state index in [1.807, 2.05) is 6.92 Å². The highest BCUT2D eigenvalue weighted by atomic mass is 16.3. The number of hydrazone groups is 1. The van der Waals surface area contributed by atoms with Crippen LogP contribution < -0.4 is 0 Å². The Labute approximate surface area is 111 Å². The maximum atomic E-state index is 11.7. The largest absolute Gasteiger partial charge is 0.493 e. The number of nitrogens with zero attached hydrogens (tertiary/aromatic N) is 4. The molecule has 100 valence electrons. The number of likely N-dealkylation sites (N-methyl/N-ethyl adjacent to an activating group) is 1. The predicted molar refractivity (Wildman–Crippen MR) is 72.6 cm³/mol. The Bertz CT molecular complexity index is 623. The molecule has 0 saturated carbocycles. The maximum absolute atomic E-state index is 11.7. The number of allylic oxidation sites excluding steroid dienone is 2. The van der Waals surface area contributed by atoms with Crippen LogP contribution in [0.4, 0.5) is 0 Å². The minimum Gasteiger partial charge on any atom is -0.493 e. The number of carbonyl (C=O) groups is 1. The standard InChI is InChI=1S/C13H16N4O2/c1-8-10(12(18)16(3)14-8)6-5-7-11-9(2)15-17(4)13(11)19/h5-7,18H,1-4H3/b6-5+,11-7+. The van der Waals surface area contributed by atoms with Crippen molar-refractivity contribution in [2.24, 2.45) is 12.1 Å². The Balaban J connectivity index is 2.25. The predicted octanol–water partition coefficient (Wildman–Crippen LogP) is 1.22. The number of hydrogen-bond donors (Lipinski definition) is 1. The summed E-state index contributed by atoms with van der Waals surface area (Å²) in [5.74, 6) is -0.0262. The molecule has 19 heavy (non-hydrogen) atoms. The molecule has 2 rings (SSSR count). The van der Waals surface area contributed by atoms with E-state index in [0.717, 1.165) is 5.69 Å². The van der Waals surface area contributed by atoms with Crippen molar-refractivity contribution in [2.75, 3.05) is 7.05 Å². The topological polar surface area (TPSA) is 70.7 Å². The number of aromatic nitrogens is 2. The van der Waals surface area contributed by atoms with E-state index in [-0.39, 0.29) is 11.8 Å². The summed E-state index contributed by atoms with van der Waals surface area (Å²) in [5.41, 5.74) is 2.62. The van der Waals surface area contributed by atoms with Gasteiger partial charge in [-0.05, 0) is 26.0 Å². The van der Waals surface area contributed by atoms with Crippen LogP contribution in [0.2, 0.25) is 0 Å². The van der Waals surface area contributed by atoms with Gasteiger partial charge in [-0.15, -0.1) is 0 Å². The monoisotopic (exact) mass is 260 g/mol. The van der Waals surface area contributed by atoms with Crippen LogP contribution in [0.1, 0.15) is 18.2 Å². The average Bonchev–Trinajstić information content (AvgIpc) is 2.72. The van der Waals surface area contributed by atoms with E-state index in [2.05, 4.69) is 10.2 Å². The molecule has 0 aromatic carbocycles. The van der Waals surface area contributed by atoms with Crippen molar-refractivity contribution in [1.82, 2.24) is 14.8 Å². The van der Waals surface area contributed by atoms with Crippen LogP contribution in [0.3, 0.4) is 0 Å². The van der Waals surface area contributed by atoms with Gasteiger partial charge in [0.05, 0.1) is 22.5 Å². The van der Waals surface area contributed by atoms with Crippen LogP contribution >= 0.6 is 0 Å². The van der Waals surface area contributed by atoms with E-state index < -0.39 is 0 Å². The Morgan fingerprint density at radius 2 is 1.95 bits per heavy atom. The van der Waals surface area contributed by atoms with Gasteiger partial charge < -0.3 is 5.11 Å². The van der Waals surface area contributed by atoms with Gasteiger partial charge >= 0.3 is 0 Å². The van der Waals surface area contributed by atoms with Crippen LogP contribution in [-0.2, 0) is 11.8 Å². The minimum absolute atomic E-state index is 0.104. The summed E-state index contributed by atoms with van der Waals surface area (Å²) in [6.07, 6.45) is 5.13. The van der Waals surface area contributed by atoms with E-state index in [1.165, 1.54) is 9.69 Å². The van der Waals surface area contributed by atoms with Crippen LogP contribution in [0, 0.1) is 6.92 Å². The first kappa shape index (κ1) is 13.1. The molecule has 0 saturated heterocycles. The molecule has 1 amide bonds. The highest BCUT2D eigenvalue weighted by Crippen LogP contribution is 2.21. The van der Waals surface area contributed by atoms with Crippen LogP contribution in [-0.4, -0.2) is 38.6 Å². The normalized spacial score (nSPS) is 17.9. The number of carbonyl (C=O) groups excluding carboxylic acids is 1. The van der Waals surface area contributed by atoms with Gasteiger partial charge in [0.2, 0.25) is 5.88 Å². The number of hydrogen-bond acceptors (Lipinski definition) is 4. The molecule has 0 aliphatic carbocycles. The molecule has 0 bridgehead atoms. The number of aromatic hydroxyl groups is 1. The molecule has 6 nitrogen and oxygen atoms in total. The third-order valence-electron chi connectivity index (χ3n) is 2.98. The summed E-state index contributed by atoms with van der Waals surface area (Å²) < 4.78 is 1.41. The lowest BCUT2D eigenvalue weighted by atomic mass is 10.1. The van der Waals surface area contributed by atoms with E-state index in [1.54, 1.807) is 39.2 Å². The first-order valence-electron chi connectivity index (χ1n) is 5.86. The lowest BCUT2D eigenvalue weighted by molar-refractivity contribution is -0.124. The Morgan fingerprint density at radius 1 is 1.26 bits per heavy atom. The SMILES string of the molecule is CC1=NN(C)C(=O)/C1=C/C=C/c1c(C)nn(C)c1O. The van der Waals surface area contributed by atoms with Crippen LogP contribution in [0.5, 0.6) is 5.88 Å². The van der Waals surface area contributed by atoms with Gasteiger partial charge in [0.15, 0.2) is 0 Å². The van der Waals surface area contributed by atoms with Gasteiger partial charge in [0.1, 0.15) is 0 Å². The van der Waals surface area contributed by atoms with Gasteiger partial charge in [-0.2, -0.15) is 10.2 Å². The zero-order valence-corrected chi connectivity index (χ0v) is 11.4. The molecule has 0 radical (unpaired) electrons. The number of amides is 1. The fourth-order valence-electron chi connectivity index (χ4n) is 1.94. The lowest BCUT2D eigenvalue weighted by Gasteiger charge is -2.00. The fourth-order valence-corrected chi connectivity index (χ4v) is 1.94. The summed E-state index contributed by atoms with van der Waals surface area (Å²) in [6, 6.07) is 0. The maximum Gasteiger partial charge on any atom is 0.275 e. The lowest BCUT2D eigenvalue weighted by Crippen LogP contribution is -2.16. The molecule has 1 aliphatic heterocycles. The van der Waals surface area contributed by atoms with Gasteiger partial charge in [-0.25, -0.2) is 9.69 Å². The zero-order valence-electron chi connectivity index (χ0n) is 11.4. The molecule has 1 N–H and O–H groups in total. The van der Waals surface area contributed by atoms with Crippen molar-refractivity contribution < 1.29 is 9.90 Å². The highest BCUT2D eigenvalue weighted by Gasteiger charge is 2.23. The third kappa shape index (κ3) is 2.29. The molecule has 1 aliphatic rings. The first-order valence-corrected chi connectivity index (χ1v) is 5.86. The quantitative estimate of drug-likeness (QED) is 0.813. The molecule has 6 heteroatoms. The summed E-state index contributed by atoms with van der Waals surface area (Å²) in [4.78, 5) is 11.7. The van der Waals surface area contributed by atoms with Crippen molar-refractivity contribution in [1.29, 1.82) is 0 Å². The van der Waals surface area contributed by atoms with Gasteiger partial charge in [-0.3, -0.25) is 4.79 Å². The second-order valence-electron chi connectivity index (χ2n) is 4.40. The highest BCUT2D eigenvalue weighted by molar-refractivity contribution is 6.23. The van der Waals surface area contributed by atoms with E-state index >= 15 is 0 Å². The van der Waals surface area contributed by atoms with Crippen molar-refractivity contribution in [2.45, 2.75) is 13.8 Å². The second kappa shape index (κ2) is 4.72. The Hall–Kier alpha value is -2.37. The smallest absolute Gasteiger partial charge is 0.275 e. The van der Waals surface area contributed by atoms with Crippen LogP contribution in [0.25, 0.3) is 6.08 Å². The van der Waals surface area contributed by atoms with Gasteiger partial charge in [0, 0.05) is 14.1 Å². The van der Waals surface area contributed by atoms with Crippen molar-refractivity contribution >= 4 is 17.7 Å². The van der Waals surface area contributed by atoms with Crippen LogP contribution in [0.15, 0.2) is 22.8 Å². The summed E-state index contributed by atoms with van der Waals surface area (Å²) in [6.45, 7) is 3.60. The van der Waals surface area contributed by atoms with E-state index in [0.29, 0.717) is 16.8 Å². The molecular formula is C13H16N4O2. The second-order valence-corrected chi connectivity index (χ2v) is 4.40. The first-order chi connectivity index (χ1) is 8.91. The summed E-state index contributed by atoms with van der Waals surface area (Å²) >= 11 is 0. The summed E-state index contributed by atoms with van der Waals surface area (Å²) in [7, 11) is 3.29. The molecular weight excluding hydrogens is 244 g/mol. The third-order valence-corrected chi connectivity index (χ3v) is 2.98. The van der Waals surface area contributed by atoms with E-state index in [4.69, 9.17) is 0 Å². The Kier molecular flexibility index (Phi) is 3.25. The molecule has 1 aromatic rings. The molecule has 0 atom stereocenters. The minimum atomic E-state index is -0.130. The van der Waals surface area contributed by atoms with Crippen molar-refractivity contribution in [3.63, 3.8) is 0 Å². The Morgan fingerprint density at radius 3 is 2.42 bits per heavy atom. The molecule has 0 unspecified atom stereocenters. The summed E-state index contributed by atoms with van der Waals surface area (Å²) in [5, 5.41) is 19.2. The fraction of sp³-hybridized carbons (Fsp3) is 0.308. The molecule has 2 heterocycles. The van der Waals surface area contributed by atoms with Gasteiger partial charge in [0.25, 0.3) is 5.91 Å². The average molecular weight is 260 g/mol. The number of rotatable bonds is 2. The van der Waals surface area contributed by atoms with Crippen molar-refractivity contribution in [3.8, 4) is 5.88 Å². The van der Waals surface area contributed by atoms with E-state index in [9.17, 15) is 9.90 Å². The van der Waals surface area contributed by atoms with Crippen molar-refractivity contribution in [3.05, 3.63) is 29.0 Å². The zero-order chi connectivity index (χ0) is 14.2. The molecule has 0 fully saturated rings.